The number of rotatable bonds is 2. The molecule has 0 saturated heterocycles. The van der Waals surface area contributed by atoms with Gasteiger partial charge in [0.15, 0.2) is 5.82 Å². The minimum absolute atomic E-state index is 0.142. The highest BCUT2D eigenvalue weighted by Crippen LogP contribution is 2.25. The van der Waals surface area contributed by atoms with E-state index < -0.39 is 0 Å². The molecule has 0 unspecified atom stereocenters. The van der Waals surface area contributed by atoms with Crippen LogP contribution in [0, 0.1) is 0 Å². The van der Waals surface area contributed by atoms with E-state index in [4.69, 9.17) is 4.74 Å². The van der Waals surface area contributed by atoms with Gasteiger partial charge < -0.3 is 14.7 Å². The molecule has 5 heteroatoms. The third-order valence-electron chi connectivity index (χ3n) is 3.70. The topological polar surface area (TPSA) is 70.8 Å². The first-order valence-electron chi connectivity index (χ1n) is 6.91. The summed E-state index contributed by atoms with van der Waals surface area (Å²) in [5, 5.41) is 1.59. The Morgan fingerprint density at radius 2 is 1.91 bits per heavy atom. The maximum Gasteiger partial charge on any atom is 0.259 e. The summed E-state index contributed by atoms with van der Waals surface area (Å²) >= 11 is 0. The Morgan fingerprint density at radius 3 is 2.77 bits per heavy atom. The minimum Gasteiger partial charge on any atom is -0.497 e. The lowest BCUT2D eigenvalue weighted by atomic mass is 10.2. The second-order valence-electron chi connectivity index (χ2n) is 5.07. The highest BCUT2D eigenvalue weighted by molar-refractivity contribution is 5.87. The van der Waals surface area contributed by atoms with Gasteiger partial charge in [-0.1, -0.05) is 12.1 Å². The molecule has 2 aromatic heterocycles. The summed E-state index contributed by atoms with van der Waals surface area (Å²) in [6, 6.07) is 15.0. The number of aromatic nitrogens is 3. The maximum atomic E-state index is 12.2. The van der Waals surface area contributed by atoms with E-state index in [1.54, 1.807) is 13.2 Å². The number of methoxy groups -OCH3 is 1. The van der Waals surface area contributed by atoms with Gasteiger partial charge in [-0.15, -0.1) is 0 Å². The molecule has 0 fully saturated rings. The highest BCUT2D eigenvalue weighted by Gasteiger charge is 2.09. The predicted molar refractivity (Wildman–Crippen MR) is 86.2 cm³/mol. The molecule has 0 radical (unpaired) electrons. The molecule has 0 saturated carbocycles. The molecule has 0 amide bonds. The van der Waals surface area contributed by atoms with E-state index in [-0.39, 0.29) is 5.56 Å². The van der Waals surface area contributed by atoms with Gasteiger partial charge in [0.1, 0.15) is 5.75 Å². The van der Waals surface area contributed by atoms with Gasteiger partial charge in [-0.25, -0.2) is 4.98 Å². The molecular weight excluding hydrogens is 278 g/mol. The van der Waals surface area contributed by atoms with E-state index in [1.807, 2.05) is 42.5 Å². The molecule has 0 bridgehead atoms. The van der Waals surface area contributed by atoms with Gasteiger partial charge in [0.25, 0.3) is 5.56 Å². The Balaban J connectivity index is 1.93. The number of nitrogens with zero attached hydrogens (tertiary/aromatic N) is 1. The van der Waals surface area contributed by atoms with Crippen molar-refractivity contribution >= 4 is 21.8 Å². The fourth-order valence-electron chi connectivity index (χ4n) is 2.58. The number of benzene rings is 2. The fourth-order valence-corrected chi connectivity index (χ4v) is 2.58. The van der Waals surface area contributed by atoms with E-state index in [2.05, 4.69) is 15.0 Å². The number of hydrogen-bond donors (Lipinski definition) is 2. The average Bonchev–Trinajstić information content (AvgIpc) is 2.98. The second kappa shape index (κ2) is 4.73. The van der Waals surface area contributed by atoms with Crippen LogP contribution in [0.15, 0.2) is 53.3 Å². The molecule has 22 heavy (non-hydrogen) atoms. The largest absolute Gasteiger partial charge is 0.497 e. The van der Waals surface area contributed by atoms with Crippen LogP contribution in [0.2, 0.25) is 0 Å². The van der Waals surface area contributed by atoms with Gasteiger partial charge in [-0.3, -0.25) is 4.79 Å². The van der Waals surface area contributed by atoms with E-state index in [9.17, 15) is 4.79 Å². The minimum atomic E-state index is -0.142. The van der Waals surface area contributed by atoms with Crippen LogP contribution >= 0.6 is 0 Å². The molecule has 108 valence electrons. The summed E-state index contributed by atoms with van der Waals surface area (Å²) in [5.41, 5.74) is 2.27. The summed E-state index contributed by atoms with van der Waals surface area (Å²) in [6.07, 6.45) is 0. The van der Waals surface area contributed by atoms with Crippen LogP contribution in [-0.2, 0) is 0 Å². The Hall–Kier alpha value is -3.08. The van der Waals surface area contributed by atoms with Gasteiger partial charge in [-0.05, 0) is 36.4 Å². The lowest BCUT2D eigenvalue weighted by Gasteiger charge is -2.00. The predicted octanol–water partition coefficient (Wildman–Crippen LogP) is 3.08. The van der Waals surface area contributed by atoms with Gasteiger partial charge >= 0.3 is 0 Å². The monoisotopic (exact) mass is 291 g/mol. The molecule has 0 aliphatic heterocycles. The van der Waals surface area contributed by atoms with Crippen molar-refractivity contribution in [3.8, 4) is 17.3 Å². The zero-order valence-corrected chi connectivity index (χ0v) is 11.9. The first-order chi connectivity index (χ1) is 10.7. The van der Waals surface area contributed by atoms with Crippen LogP contribution in [0.5, 0.6) is 5.75 Å². The Labute approximate surface area is 125 Å². The van der Waals surface area contributed by atoms with Crippen molar-refractivity contribution in [2.45, 2.75) is 0 Å². The second-order valence-corrected chi connectivity index (χ2v) is 5.07. The van der Waals surface area contributed by atoms with Crippen LogP contribution < -0.4 is 10.3 Å². The fraction of sp³-hybridized carbons (Fsp3) is 0.0588. The van der Waals surface area contributed by atoms with Gasteiger partial charge in [0, 0.05) is 10.9 Å². The van der Waals surface area contributed by atoms with E-state index in [0.29, 0.717) is 16.7 Å². The van der Waals surface area contributed by atoms with Gasteiger partial charge in [0.05, 0.1) is 23.7 Å². The SMILES string of the molecule is COc1ccc2[nH]c(-c3nc4ccccc4c(=O)[nH]3)cc2c1. The third kappa shape index (κ3) is 1.95. The molecule has 0 aliphatic rings. The van der Waals surface area contributed by atoms with Crippen molar-refractivity contribution in [2.75, 3.05) is 7.11 Å². The molecule has 0 atom stereocenters. The number of para-hydroxylation sites is 1. The molecule has 2 N–H and O–H groups in total. The van der Waals surface area contributed by atoms with Gasteiger partial charge in [-0.2, -0.15) is 0 Å². The first-order valence-corrected chi connectivity index (χ1v) is 6.91. The molecule has 2 aromatic carbocycles. The standard InChI is InChI=1S/C17H13N3O2/c1-22-11-6-7-13-10(8-11)9-15(18-13)16-19-14-5-3-2-4-12(14)17(21)20-16/h2-9,18H,1H3,(H,19,20,21). The summed E-state index contributed by atoms with van der Waals surface area (Å²) < 4.78 is 5.23. The summed E-state index contributed by atoms with van der Waals surface area (Å²) in [5.74, 6) is 1.32. The molecule has 2 heterocycles. The smallest absolute Gasteiger partial charge is 0.259 e. The average molecular weight is 291 g/mol. The zero-order chi connectivity index (χ0) is 15.1. The molecule has 0 aliphatic carbocycles. The molecule has 4 aromatic rings. The van der Waals surface area contributed by atoms with Crippen molar-refractivity contribution in [3.05, 3.63) is 58.9 Å². The Kier molecular flexibility index (Phi) is 2.72. The van der Waals surface area contributed by atoms with Crippen LogP contribution in [0.3, 0.4) is 0 Å². The quantitative estimate of drug-likeness (QED) is 0.596. The number of aromatic amines is 2. The Morgan fingerprint density at radius 1 is 1.05 bits per heavy atom. The lowest BCUT2D eigenvalue weighted by molar-refractivity contribution is 0.415. The third-order valence-corrected chi connectivity index (χ3v) is 3.70. The maximum absolute atomic E-state index is 12.2. The summed E-state index contributed by atoms with van der Waals surface area (Å²) in [7, 11) is 1.64. The summed E-state index contributed by atoms with van der Waals surface area (Å²) in [4.78, 5) is 22.8. The number of H-pyrrole nitrogens is 2. The van der Waals surface area contributed by atoms with Crippen molar-refractivity contribution in [2.24, 2.45) is 0 Å². The van der Waals surface area contributed by atoms with Crippen molar-refractivity contribution in [1.29, 1.82) is 0 Å². The van der Waals surface area contributed by atoms with Crippen LogP contribution in [0.1, 0.15) is 0 Å². The lowest BCUT2D eigenvalue weighted by Crippen LogP contribution is -2.09. The zero-order valence-electron chi connectivity index (χ0n) is 11.9. The van der Waals surface area contributed by atoms with Gasteiger partial charge in [0.2, 0.25) is 0 Å². The Bertz CT molecular complexity index is 1050. The normalized spacial score (nSPS) is 11.1. The number of nitrogens with one attached hydrogen (secondary N) is 2. The van der Waals surface area contributed by atoms with Crippen molar-refractivity contribution in [3.63, 3.8) is 0 Å². The number of fused-ring (bicyclic) bond motifs is 2. The molecule has 0 spiro atoms. The van der Waals surface area contributed by atoms with Crippen LogP contribution in [-0.4, -0.2) is 22.1 Å². The van der Waals surface area contributed by atoms with E-state index in [1.165, 1.54) is 0 Å². The molecule has 4 rings (SSSR count). The van der Waals surface area contributed by atoms with Crippen molar-refractivity contribution < 1.29 is 4.74 Å². The van der Waals surface area contributed by atoms with Crippen LogP contribution in [0.25, 0.3) is 33.3 Å². The van der Waals surface area contributed by atoms with E-state index >= 15 is 0 Å². The van der Waals surface area contributed by atoms with Crippen LogP contribution in [0.4, 0.5) is 0 Å². The molecule has 5 nitrogen and oxygen atoms in total. The summed E-state index contributed by atoms with van der Waals surface area (Å²) in [6.45, 7) is 0. The highest BCUT2D eigenvalue weighted by atomic mass is 16.5. The number of hydrogen-bond acceptors (Lipinski definition) is 3. The molecular formula is C17H13N3O2. The first kappa shape index (κ1) is 12.6. The van der Waals surface area contributed by atoms with E-state index in [0.717, 1.165) is 22.3 Å². The number of ether oxygens (including phenoxy) is 1. The van der Waals surface area contributed by atoms with Crippen molar-refractivity contribution in [1.82, 2.24) is 15.0 Å².